The number of carbonyl (C=O) groups is 1. The van der Waals surface area contributed by atoms with E-state index in [1.54, 1.807) is 17.0 Å². The summed E-state index contributed by atoms with van der Waals surface area (Å²) >= 11 is 0. The Kier molecular flexibility index (Phi) is 5.91. The summed E-state index contributed by atoms with van der Waals surface area (Å²) in [5.74, 6) is 0.108. The molecule has 2 aliphatic heterocycles. The summed E-state index contributed by atoms with van der Waals surface area (Å²) in [7, 11) is -3.71. The maximum absolute atomic E-state index is 12.8. The predicted molar refractivity (Wildman–Crippen MR) is 95.9 cm³/mol. The Balaban J connectivity index is 1.61. The molecule has 2 heterocycles. The third kappa shape index (κ3) is 4.06. The highest BCUT2D eigenvalue weighted by molar-refractivity contribution is 7.89. The minimum Gasteiger partial charge on any atom is -0.335 e. The molecule has 0 aliphatic carbocycles. The van der Waals surface area contributed by atoms with E-state index in [0.717, 1.165) is 13.1 Å². The number of nitriles is 1. The largest absolute Gasteiger partial charge is 0.335 e. The van der Waals surface area contributed by atoms with Gasteiger partial charge in [0.1, 0.15) is 6.07 Å². The quantitative estimate of drug-likeness (QED) is 0.764. The van der Waals surface area contributed by atoms with Crippen LogP contribution in [0.3, 0.4) is 0 Å². The molecule has 140 valence electrons. The Labute approximate surface area is 154 Å². The summed E-state index contributed by atoms with van der Waals surface area (Å²) in [4.78, 5) is 15.6. The molecule has 2 saturated heterocycles. The average molecular weight is 377 g/mol. The molecule has 1 aromatic carbocycles. The number of nitrogens with zero attached hydrogens (tertiary/aromatic N) is 3. The molecule has 2 aliphatic rings. The second-order valence-corrected chi connectivity index (χ2v) is 8.79. The van der Waals surface area contributed by atoms with E-state index in [1.807, 2.05) is 6.07 Å². The lowest BCUT2D eigenvalue weighted by atomic mass is 10.1. The Morgan fingerprint density at radius 1 is 1.08 bits per heavy atom. The zero-order valence-electron chi connectivity index (χ0n) is 14.9. The minimum atomic E-state index is -3.71. The van der Waals surface area contributed by atoms with E-state index in [1.165, 1.54) is 40.6 Å². The number of quaternary nitrogens is 1. The van der Waals surface area contributed by atoms with Gasteiger partial charge in [0, 0.05) is 26.2 Å². The van der Waals surface area contributed by atoms with Crippen LogP contribution in [0, 0.1) is 11.3 Å². The molecule has 0 radical (unpaired) electrons. The molecule has 0 aromatic heterocycles. The highest BCUT2D eigenvalue weighted by atomic mass is 32.2. The number of nitrogens with one attached hydrogen (secondary N) is 1. The number of sulfonamides is 1. The van der Waals surface area contributed by atoms with E-state index in [-0.39, 0.29) is 29.5 Å². The van der Waals surface area contributed by atoms with Crippen LogP contribution in [0.5, 0.6) is 0 Å². The van der Waals surface area contributed by atoms with Gasteiger partial charge in [-0.05, 0) is 31.4 Å². The predicted octanol–water partition coefficient (Wildman–Crippen LogP) is -0.540. The van der Waals surface area contributed by atoms with Gasteiger partial charge in [-0.1, -0.05) is 12.1 Å². The van der Waals surface area contributed by atoms with E-state index in [4.69, 9.17) is 5.26 Å². The van der Waals surface area contributed by atoms with E-state index in [2.05, 4.69) is 0 Å². The van der Waals surface area contributed by atoms with Gasteiger partial charge >= 0.3 is 0 Å². The number of amides is 1. The molecule has 7 nitrogen and oxygen atoms in total. The first-order valence-corrected chi connectivity index (χ1v) is 10.6. The van der Waals surface area contributed by atoms with Crippen LogP contribution in [0.2, 0.25) is 0 Å². The van der Waals surface area contributed by atoms with E-state index in [0.29, 0.717) is 19.6 Å². The van der Waals surface area contributed by atoms with Crippen molar-refractivity contribution >= 4 is 15.9 Å². The number of hydrogen-bond acceptors (Lipinski definition) is 4. The lowest BCUT2D eigenvalue weighted by Crippen LogP contribution is -3.13. The van der Waals surface area contributed by atoms with E-state index >= 15 is 0 Å². The molecular formula is C18H25N4O3S+. The lowest BCUT2D eigenvalue weighted by Gasteiger charge is -2.35. The van der Waals surface area contributed by atoms with Crippen molar-refractivity contribution in [3.8, 4) is 6.07 Å². The number of hydrogen-bond donors (Lipinski definition) is 1. The standard InChI is InChI=1S/C18H24N4O3S/c19-14-16-6-2-3-7-17(16)26(24,25)22-12-10-21(11-13-22)18(23)15-20-8-4-1-5-9-20/h2-3,6-7H,1,4-5,8-13,15H2/p+1. The van der Waals surface area contributed by atoms with Gasteiger partial charge in [-0.25, -0.2) is 8.42 Å². The number of benzene rings is 1. The summed E-state index contributed by atoms with van der Waals surface area (Å²) in [5, 5.41) is 9.16. The number of carbonyl (C=O) groups excluding carboxylic acids is 1. The van der Waals surface area contributed by atoms with Crippen LogP contribution in [-0.2, 0) is 14.8 Å². The summed E-state index contributed by atoms with van der Waals surface area (Å²) in [5.41, 5.74) is 0.153. The molecule has 26 heavy (non-hydrogen) atoms. The minimum absolute atomic E-state index is 0.0417. The average Bonchev–Trinajstić information content (AvgIpc) is 2.68. The zero-order chi connectivity index (χ0) is 18.6. The summed E-state index contributed by atoms with van der Waals surface area (Å²) in [6.07, 6.45) is 3.60. The van der Waals surface area contributed by atoms with E-state index < -0.39 is 10.0 Å². The van der Waals surface area contributed by atoms with Crippen LogP contribution in [0.15, 0.2) is 29.2 Å². The molecule has 0 bridgehead atoms. The fourth-order valence-electron chi connectivity index (χ4n) is 3.66. The topological polar surface area (TPSA) is 85.9 Å². The molecule has 3 rings (SSSR count). The molecule has 8 heteroatoms. The van der Waals surface area contributed by atoms with Crippen molar-refractivity contribution in [1.82, 2.24) is 9.21 Å². The maximum Gasteiger partial charge on any atom is 0.277 e. The monoisotopic (exact) mass is 377 g/mol. The van der Waals surface area contributed by atoms with Crippen molar-refractivity contribution in [3.05, 3.63) is 29.8 Å². The van der Waals surface area contributed by atoms with Gasteiger partial charge in [-0.2, -0.15) is 9.57 Å². The number of piperazine rings is 1. The molecule has 0 atom stereocenters. The second-order valence-electron chi connectivity index (χ2n) is 6.88. The molecular weight excluding hydrogens is 352 g/mol. The van der Waals surface area contributed by atoms with Crippen LogP contribution >= 0.6 is 0 Å². The van der Waals surface area contributed by atoms with Crippen molar-refractivity contribution in [3.63, 3.8) is 0 Å². The van der Waals surface area contributed by atoms with Crippen LogP contribution in [-0.4, -0.2) is 69.3 Å². The van der Waals surface area contributed by atoms with Crippen LogP contribution in [0.25, 0.3) is 0 Å². The third-order valence-electron chi connectivity index (χ3n) is 5.18. The molecule has 1 aromatic rings. The first kappa shape index (κ1) is 18.8. The SMILES string of the molecule is N#Cc1ccccc1S(=O)(=O)N1CCN(C(=O)C[NH+]2CCCCC2)CC1. The normalized spacial score (nSPS) is 19.9. The van der Waals surface area contributed by atoms with Gasteiger partial charge in [-0.15, -0.1) is 0 Å². The van der Waals surface area contributed by atoms with Gasteiger partial charge in [0.05, 0.1) is 23.5 Å². The zero-order valence-corrected chi connectivity index (χ0v) is 15.7. The van der Waals surface area contributed by atoms with Gasteiger partial charge < -0.3 is 9.80 Å². The number of likely N-dealkylation sites (tertiary alicyclic amines) is 1. The van der Waals surface area contributed by atoms with Gasteiger partial charge in [0.25, 0.3) is 5.91 Å². The number of rotatable bonds is 4. The summed E-state index contributed by atoms with van der Waals surface area (Å²) in [6, 6.07) is 8.18. The van der Waals surface area contributed by atoms with Crippen molar-refractivity contribution in [1.29, 1.82) is 5.26 Å². The molecule has 1 amide bonds. The van der Waals surface area contributed by atoms with Crippen molar-refractivity contribution in [2.45, 2.75) is 24.2 Å². The van der Waals surface area contributed by atoms with Crippen LogP contribution < -0.4 is 4.90 Å². The Bertz CT molecular complexity index is 789. The Hall–Kier alpha value is -1.95. The van der Waals surface area contributed by atoms with Crippen LogP contribution in [0.1, 0.15) is 24.8 Å². The second kappa shape index (κ2) is 8.16. The molecule has 0 unspecified atom stereocenters. The van der Waals surface area contributed by atoms with Gasteiger partial charge in [0.2, 0.25) is 10.0 Å². The first-order chi connectivity index (χ1) is 12.5. The van der Waals surface area contributed by atoms with Crippen molar-refractivity contribution in [2.75, 3.05) is 45.8 Å². The molecule has 0 saturated carbocycles. The lowest BCUT2D eigenvalue weighted by molar-refractivity contribution is -0.897. The Morgan fingerprint density at radius 2 is 1.73 bits per heavy atom. The molecule has 0 spiro atoms. The van der Waals surface area contributed by atoms with E-state index in [9.17, 15) is 13.2 Å². The molecule has 2 fully saturated rings. The number of piperidine rings is 1. The van der Waals surface area contributed by atoms with Gasteiger partial charge in [-0.3, -0.25) is 4.79 Å². The molecule has 1 N–H and O–H groups in total. The third-order valence-corrected chi connectivity index (χ3v) is 7.14. The highest BCUT2D eigenvalue weighted by Crippen LogP contribution is 2.21. The smallest absolute Gasteiger partial charge is 0.277 e. The fourth-order valence-corrected chi connectivity index (χ4v) is 5.22. The first-order valence-electron chi connectivity index (χ1n) is 9.13. The highest BCUT2D eigenvalue weighted by Gasteiger charge is 2.32. The van der Waals surface area contributed by atoms with Crippen LogP contribution in [0.4, 0.5) is 0 Å². The van der Waals surface area contributed by atoms with Gasteiger partial charge in [0.15, 0.2) is 6.54 Å². The maximum atomic E-state index is 12.8. The summed E-state index contributed by atoms with van der Waals surface area (Å²) in [6.45, 7) is 3.94. The fraction of sp³-hybridized carbons (Fsp3) is 0.556. The van der Waals surface area contributed by atoms with Crippen molar-refractivity contribution < 1.29 is 18.1 Å². The Morgan fingerprint density at radius 3 is 2.38 bits per heavy atom. The summed E-state index contributed by atoms with van der Waals surface area (Å²) < 4.78 is 27.0. The van der Waals surface area contributed by atoms with Crippen molar-refractivity contribution in [2.24, 2.45) is 0 Å².